The van der Waals surface area contributed by atoms with Gasteiger partial charge in [0.05, 0.1) is 32.6 Å². The normalized spacial score (nSPS) is 13.6. The van der Waals surface area contributed by atoms with Crippen LogP contribution in [0.4, 0.5) is 11.4 Å². The first-order chi connectivity index (χ1) is 16.7. The third-order valence-electron chi connectivity index (χ3n) is 5.94. The Balaban J connectivity index is 1.27. The second kappa shape index (κ2) is 10.1. The Kier molecular flexibility index (Phi) is 7.02. The summed E-state index contributed by atoms with van der Waals surface area (Å²) < 4.78 is 6.93. The van der Waals surface area contributed by atoms with Gasteiger partial charge >= 0.3 is 5.97 Å². The number of rotatable bonds is 6. The Hall–Kier alpha value is -3.92. The molecule has 1 saturated heterocycles. The predicted molar refractivity (Wildman–Crippen MR) is 130 cm³/mol. The number of aromatic nitrogens is 2. The molecule has 0 spiro atoms. The first kappa shape index (κ1) is 24.2. The summed E-state index contributed by atoms with van der Waals surface area (Å²) in [5.41, 5.74) is 3.52. The average molecular weight is 498 g/mol. The van der Waals surface area contributed by atoms with Crippen LogP contribution in [0, 0.1) is 24.0 Å². The molecule has 0 aliphatic carbocycles. The van der Waals surface area contributed by atoms with Crippen LogP contribution in [0.1, 0.15) is 21.7 Å². The summed E-state index contributed by atoms with van der Waals surface area (Å²) in [5, 5.41) is 15.8. The van der Waals surface area contributed by atoms with Gasteiger partial charge in [-0.3, -0.25) is 14.9 Å². The molecule has 0 unspecified atom stereocenters. The van der Waals surface area contributed by atoms with E-state index in [2.05, 4.69) is 10.00 Å². The van der Waals surface area contributed by atoms with Gasteiger partial charge in [-0.2, -0.15) is 5.10 Å². The number of anilines is 1. The van der Waals surface area contributed by atoms with E-state index in [1.54, 1.807) is 46.0 Å². The molecule has 0 radical (unpaired) electrons. The minimum atomic E-state index is -0.583. The molecule has 3 aromatic rings. The molecule has 1 aromatic heterocycles. The number of ether oxygens (including phenoxy) is 1. The summed E-state index contributed by atoms with van der Waals surface area (Å²) >= 11 is 6.20. The highest BCUT2D eigenvalue weighted by Gasteiger charge is 2.23. The molecular weight excluding hydrogens is 474 g/mol. The fourth-order valence-corrected chi connectivity index (χ4v) is 4.03. The summed E-state index contributed by atoms with van der Waals surface area (Å²) in [7, 11) is 0. The second-order valence-electron chi connectivity index (χ2n) is 8.16. The Morgan fingerprint density at radius 1 is 1.00 bits per heavy atom. The number of benzene rings is 2. The smallest absolute Gasteiger partial charge is 0.338 e. The SMILES string of the molecule is Cc1nn(-c2ccc(C(=O)OCC(=O)N3CCN(c4ccc([N+](=O)[O-])cc4)CC3)cc2)c(C)c1Cl. The van der Waals surface area contributed by atoms with Crippen LogP contribution >= 0.6 is 11.6 Å². The van der Waals surface area contributed by atoms with Crippen LogP contribution in [-0.2, 0) is 9.53 Å². The molecule has 182 valence electrons. The number of amides is 1. The van der Waals surface area contributed by atoms with Gasteiger partial charge in [0.2, 0.25) is 0 Å². The van der Waals surface area contributed by atoms with Crippen molar-refractivity contribution >= 4 is 34.9 Å². The van der Waals surface area contributed by atoms with Crippen molar-refractivity contribution in [2.75, 3.05) is 37.7 Å². The molecule has 1 aliphatic heterocycles. The molecule has 1 fully saturated rings. The lowest BCUT2D eigenvalue weighted by molar-refractivity contribution is -0.384. The molecular formula is C24H24ClN5O5. The maximum Gasteiger partial charge on any atom is 0.338 e. The van der Waals surface area contributed by atoms with E-state index in [-0.39, 0.29) is 18.2 Å². The molecule has 0 atom stereocenters. The van der Waals surface area contributed by atoms with Crippen molar-refractivity contribution in [3.8, 4) is 5.69 Å². The number of hydrogen-bond acceptors (Lipinski definition) is 7. The van der Waals surface area contributed by atoms with Gasteiger partial charge in [-0.15, -0.1) is 0 Å². The number of halogens is 1. The zero-order valence-corrected chi connectivity index (χ0v) is 20.1. The van der Waals surface area contributed by atoms with Crippen LogP contribution in [0.25, 0.3) is 5.69 Å². The van der Waals surface area contributed by atoms with Crippen LogP contribution in [-0.4, -0.2) is 64.3 Å². The second-order valence-corrected chi connectivity index (χ2v) is 8.54. The fourth-order valence-electron chi connectivity index (χ4n) is 3.91. The van der Waals surface area contributed by atoms with E-state index >= 15 is 0 Å². The van der Waals surface area contributed by atoms with E-state index in [1.165, 1.54) is 12.1 Å². The van der Waals surface area contributed by atoms with Crippen LogP contribution in [0.15, 0.2) is 48.5 Å². The number of non-ortho nitro benzene ring substituents is 1. The third kappa shape index (κ3) is 5.27. The molecule has 4 rings (SSSR count). The van der Waals surface area contributed by atoms with E-state index in [9.17, 15) is 19.7 Å². The largest absolute Gasteiger partial charge is 0.452 e. The molecule has 11 heteroatoms. The van der Waals surface area contributed by atoms with Gasteiger partial charge in [0, 0.05) is 44.0 Å². The van der Waals surface area contributed by atoms with Crippen molar-refractivity contribution in [1.29, 1.82) is 0 Å². The topological polar surface area (TPSA) is 111 Å². The number of esters is 1. The average Bonchev–Trinajstić information content (AvgIpc) is 3.14. The summed E-state index contributed by atoms with van der Waals surface area (Å²) in [6.07, 6.45) is 0. The zero-order chi connectivity index (χ0) is 25.1. The van der Waals surface area contributed by atoms with Gasteiger partial charge in [-0.1, -0.05) is 11.6 Å². The molecule has 1 amide bonds. The molecule has 0 saturated carbocycles. The molecule has 35 heavy (non-hydrogen) atoms. The number of nitro benzene ring substituents is 1. The Labute approximate surface area is 206 Å². The minimum absolute atomic E-state index is 0.0371. The molecule has 0 bridgehead atoms. The van der Waals surface area contributed by atoms with Crippen LogP contribution < -0.4 is 4.90 Å². The third-order valence-corrected chi connectivity index (χ3v) is 6.48. The quantitative estimate of drug-likeness (QED) is 0.291. The number of nitrogens with zero attached hydrogens (tertiary/aromatic N) is 5. The van der Waals surface area contributed by atoms with Crippen LogP contribution in [0.2, 0.25) is 5.02 Å². The minimum Gasteiger partial charge on any atom is -0.452 e. The van der Waals surface area contributed by atoms with E-state index in [1.807, 2.05) is 13.8 Å². The van der Waals surface area contributed by atoms with Crippen molar-refractivity contribution in [3.05, 3.63) is 80.6 Å². The van der Waals surface area contributed by atoms with Gasteiger partial charge in [-0.25, -0.2) is 9.48 Å². The predicted octanol–water partition coefficient (Wildman–Crippen LogP) is 3.56. The Bertz CT molecular complexity index is 1250. The summed E-state index contributed by atoms with van der Waals surface area (Å²) in [4.78, 5) is 39.0. The van der Waals surface area contributed by atoms with Gasteiger partial charge in [0.25, 0.3) is 11.6 Å². The number of nitro groups is 1. The Morgan fingerprint density at radius 3 is 2.14 bits per heavy atom. The summed E-state index contributed by atoms with van der Waals surface area (Å²) in [5.74, 6) is -0.851. The maximum absolute atomic E-state index is 12.5. The van der Waals surface area contributed by atoms with Crippen LogP contribution in [0.3, 0.4) is 0 Å². The lowest BCUT2D eigenvalue weighted by Gasteiger charge is -2.36. The monoisotopic (exact) mass is 497 g/mol. The number of carbonyl (C=O) groups excluding carboxylic acids is 2. The molecule has 1 aliphatic rings. The molecule has 2 aromatic carbocycles. The van der Waals surface area contributed by atoms with Gasteiger partial charge < -0.3 is 14.5 Å². The summed E-state index contributed by atoms with van der Waals surface area (Å²) in [6, 6.07) is 13.1. The highest BCUT2D eigenvalue weighted by Crippen LogP contribution is 2.23. The van der Waals surface area contributed by atoms with Gasteiger partial charge in [0.1, 0.15) is 0 Å². The van der Waals surface area contributed by atoms with Crippen molar-refractivity contribution in [2.45, 2.75) is 13.8 Å². The van der Waals surface area contributed by atoms with E-state index in [4.69, 9.17) is 16.3 Å². The fraction of sp³-hybridized carbons (Fsp3) is 0.292. The summed E-state index contributed by atoms with van der Waals surface area (Å²) in [6.45, 7) is 5.43. The lowest BCUT2D eigenvalue weighted by Crippen LogP contribution is -2.49. The molecule has 10 nitrogen and oxygen atoms in total. The van der Waals surface area contributed by atoms with Crippen molar-refractivity contribution < 1.29 is 19.2 Å². The number of piperazine rings is 1. The Morgan fingerprint density at radius 2 is 1.60 bits per heavy atom. The van der Waals surface area contributed by atoms with Crippen LogP contribution in [0.5, 0.6) is 0 Å². The lowest BCUT2D eigenvalue weighted by atomic mass is 10.2. The van der Waals surface area contributed by atoms with Gasteiger partial charge in [-0.05, 0) is 50.2 Å². The maximum atomic E-state index is 12.5. The molecule has 0 N–H and O–H groups in total. The standard InChI is InChI=1S/C24H24ClN5O5/c1-16-23(25)17(2)29(26-16)20-5-3-18(4-6-20)24(32)35-15-22(31)28-13-11-27(12-14-28)19-7-9-21(10-8-19)30(33)34/h3-10H,11-15H2,1-2H3. The number of hydrogen-bond donors (Lipinski definition) is 0. The first-order valence-electron chi connectivity index (χ1n) is 11.0. The highest BCUT2D eigenvalue weighted by atomic mass is 35.5. The van der Waals surface area contributed by atoms with E-state index in [0.717, 1.165) is 22.8 Å². The number of aryl methyl sites for hydroxylation is 1. The van der Waals surface area contributed by atoms with Crippen molar-refractivity contribution in [3.63, 3.8) is 0 Å². The van der Waals surface area contributed by atoms with E-state index < -0.39 is 10.9 Å². The number of carbonyl (C=O) groups is 2. The first-order valence-corrected chi connectivity index (χ1v) is 11.4. The highest BCUT2D eigenvalue weighted by molar-refractivity contribution is 6.31. The zero-order valence-electron chi connectivity index (χ0n) is 19.3. The van der Waals surface area contributed by atoms with Crippen molar-refractivity contribution in [1.82, 2.24) is 14.7 Å². The van der Waals surface area contributed by atoms with Crippen molar-refractivity contribution in [2.24, 2.45) is 0 Å². The van der Waals surface area contributed by atoms with Gasteiger partial charge in [0.15, 0.2) is 6.61 Å². The van der Waals surface area contributed by atoms with E-state index in [0.29, 0.717) is 36.8 Å². The molecule has 2 heterocycles.